The average molecular weight is 241 g/mol. The Labute approximate surface area is 105 Å². The van der Waals surface area contributed by atoms with Gasteiger partial charge in [0, 0.05) is 25.6 Å². The van der Waals surface area contributed by atoms with Crippen LogP contribution >= 0.6 is 0 Å². The number of ether oxygens (including phenoxy) is 1. The van der Waals surface area contributed by atoms with Crippen LogP contribution in [0.5, 0.6) is 0 Å². The van der Waals surface area contributed by atoms with E-state index in [9.17, 15) is 5.11 Å². The van der Waals surface area contributed by atoms with E-state index in [-0.39, 0.29) is 5.60 Å². The molecule has 1 aliphatic carbocycles. The van der Waals surface area contributed by atoms with E-state index in [1.54, 1.807) is 0 Å². The first-order valence-corrected chi connectivity index (χ1v) is 7.16. The summed E-state index contributed by atoms with van der Waals surface area (Å²) in [5.74, 6) is 0.504. The highest BCUT2D eigenvalue weighted by Gasteiger charge is 2.42. The van der Waals surface area contributed by atoms with Gasteiger partial charge in [0.05, 0.1) is 18.3 Å². The summed E-state index contributed by atoms with van der Waals surface area (Å²) >= 11 is 0. The lowest BCUT2D eigenvalue weighted by Gasteiger charge is -2.47. The Hall–Kier alpha value is -0.120. The Morgan fingerprint density at radius 3 is 2.94 bits per heavy atom. The zero-order valence-electron chi connectivity index (χ0n) is 11.3. The van der Waals surface area contributed by atoms with Crippen LogP contribution in [0, 0.1) is 5.92 Å². The summed E-state index contributed by atoms with van der Waals surface area (Å²) in [6, 6.07) is 0. The molecule has 2 unspecified atom stereocenters. The molecule has 2 atom stereocenters. The first kappa shape index (κ1) is 13.3. The highest BCUT2D eigenvalue weighted by atomic mass is 16.5. The molecule has 1 aliphatic heterocycles. The molecule has 0 radical (unpaired) electrons. The monoisotopic (exact) mass is 241 g/mol. The van der Waals surface area contributed by atoms with E-state index in [1.807, 2.05) is 0 Å². The summed E-state index contributed by atoms with van der Waals surface area (Å²) in [4.78, 5) is 2.47. The lowest BCUT2D eigenvalue weighted by Crippen LogP contribution is -2.53. The van der Waals surface area contributed by atoms with Crippen molar-refractivity contribution in [3.05, 3.63) is 0 Å². The smallest absolute Gasteiger partial charge is 0.0700 e. The standard InChI is InChI=1S/C14H27NO2/c1-12(2)17-10-9-15-8-7-14(16)6-4-3-5-13(14)11-15/h12-13,16H,3-11H2,1-2H3. The molecule has 0 aromatic carbocycles. The summed E-state index contributed by atoms with van der Waals surface area (Å²) in [7, 11) is 0. The maximum absolute atomic E-state index is 10.6. The first-order valence-electron chi connectivity index (χ1n) is 7.16. The maximum atomic E-state index is 10.6. The number of hydrogen-bond acceptors (Lipinski definition) is 3. The van der Waals surface area contributed by atoms with Crippen LogP contribution < -0.4 is 0 Å². The van der Waals surface area contributed by atoms with Crippen molar-refractivity contribution < 1.29 is 9.84 Å². The molecule has 0 aromatic heterocycles. The van der Waals surface area contributed by atoms with Gasteiger partial charge in [0.15, 0.2) is 0 Å². The van der Waals surface area contributed by atoms with E-state index in [4.69, 9.17) is 4.74 Å². The van der Waals surface area contributed by atoms with Crippen molar-refractivity contribution in [1.82, 2.24) is 4.90 Å². The van der Waals surface area contributed by atoms with Crippen LogP contribution in [0.25, 0.3) is 0 Å². The molecule has 2 rings (SSSR count). The second-order valence-corrected chi connectivity index (χ2v) is 6.02. The van der Waals surface area contributed by atoms with Crippen molar-refractivity contribution in [1.29, 1.82) is 0 Å². The topological polar surface area (TPSA) is 32.7 Å². The van der Waals surface area contributed by atoms with Crippen molar-refractivity contribution in [2.45, 2.75) is 57.7 Å². The molecular formula is C14H27NO2. The Kier molecular flexibility index (Phi) is 4.45. The number of hydrogen-bond donors (Lipinski definition) is 1. The molecule has 0 bridgehead atoms. The van der Waals surface area contributed by atoms with Crippen LogP contribution in [-0.2, 0) is 4.74 Å². The third-order valence-electron chi connectivity index (χ3n) is 4.37. The van der Waals surface area contributed by atoms with Crippen LogP contribution in [0.3, 0.4) is 0 Å². The van der Waals surface area contributed by atoms with Crippen LogP contribution in [-0.4, -0.2) is 48.0 Å². The molecule has 3 nitrogen and oxygen atoms in total. The van der Waals surface area contributed by atoms with Crippen LogP contribution in [0.1, 0.15) is 46.0 Å². The molecule has 2 aliphatic rings. The van der Waals surface area contributed by atoms with Crippen molar-refractivity contribution in [3.63, 3.8) is 0 Å². The van der Waals surface area contributed by atoms with Crippen LogP contribution in [0.15, 0.2) is 0 Å². The van der Waals surface area contributed by atoms with Crippen LogP contribution in [0.4, 0.5) is 0 Å². The first-order chi connectivity index (χ1) is 8.10. The molecule has 0 amide bonds. The molecule has 1 heterocycles. The minimum atomic E-state index is -0.340. The van der Waals surface area contributed by atoms with Crippen LogP contribution in [0.2, 0.25) is 0 Å². The van der Waals surface area contributed by atoms with Crippen molar-refractivity contribution in [3.8, 4) is 0 Å². The molecule has 100 valence electrons. The lowest BCUT2D eigenvalue weighted by atomic mass is 9.71. The summed E-state index contributed by atoms with van der Waals surface area (Å²) in [6.07, 6.45) is 6.02. The third kappa shape index (κ3) is 3.43. The SMILES string of the molecule is CC(C)OCCN1CCC2(O)CCCCC2C1. The summed E-state index contributed by atoms with van der Waals surface area (Å²) in [5, 5.41) is 10.6. The Balaban J connectivity index is 1.77. The molecule has 1 saturated heterocycles. The van der Waals surface area contributed by atoms with Gasteiger partial charge in [-0.3, -0.25) is 0 Å². The van der Waals surface area contributed by atoms with Gasteiger partial charge >= 0.3 is 0 Å². The van der Waals surface area contributed by atoms with Crippen molar-refractivity contribution in [2.75, 3.05) is 26.2 Å². The van der Waals surface area contributed by atoms with Gasteiger partial charge in [0.25, 0.3) is 0 Å². The molecule has 1 N–H and O–H groups in total. The summed E-state index contributed by atoms with van der Waals surface area (Å²) < 4.78 is 5.60. The largest absolute Gasteiger partial charge is 0.390 e. The molecular weight excluding hydrogens is 214 g/mol. The van der Waals surface area contributed by atoms with Gasteiger partial charge in [-0.2, -0.15) is 0 Å². The van der Waals surface area contributed by atoms with Gasteiger partial charge in [-0.05, 0) is 33.1 Å². The molecule has 3 heteroatoms. The second kappa shape index (κ2) is 5.68. The minimum absolute atomic E-state index is 0.325. The molecule has 0 spiro atoms. The van der Waals surface area contributed by atoms with E-state index >= 15 is 0 Å². The molecule has 1 saturated carbocycles. The number of rotatable bonds is 4. The molecule has 17 heavy (non-hydrogen) atoms. The number of likely N-dealkylation sites (tertiary alicyclic amines) is 1. The van der Waals surface area contributed by atoms with Gasteiger partial charge in [-0.25, -0.2) is 0 Å². The highest BCUT2D eigenvalue weighted by molar-refractivity contribution is 4.95. The van der Waals surface area contributed by atoms with Gasteiger partial charge in [-0.1, -0.05) is 12.8 Å². The number of piperidine rings is 1. The molecule has 0 aromatic rings. The quantitative estimate of drug-likeness (QED) is 0.817. The number of aliphatic hydroxyl groups is 1. The fraction of sp³-hybridized carbons (Fsp3) is 1.00. The average Bonchev–Trinajstić information content (AvgIpc) is 2.28. The fourth-order valence-corrected chi connectivity index (χ4v) is 3.26. The van der Waals surface area contributed by atoms with E-state index in [0.717, 1.165) is 39.1 Å². The zero-order chi connectivity index (χ0) is 12.3. The van der Waals surface area contributed by atoms with E-state index < -0.39 is 0 Å². The molecule has 2 fully saturated rings. The fourth-order valence-electron chi connectivity index (χ4n) is 3.26. The summed E-state index contributed by atoms with van der Waals surface area (Å²) in [6.45, 7) is 8.10. The highest BCUT2D eigenvalue weighted by Crippen LogP contribution is 2.39. The lowest BCUT2D eigenvalue weighted by molar-refractivity contribution is -0.0987. The normalized spacial score (nSPS) is 34.9. The Morgan fingerprint density at radius 1 is 1.35 bits per heavy atom. The van der Waals surface area contributed by atoms with E-state index in [2.05, 4.69) is 18.7 Å². The minimum Gasteiger partial charge on any atom is -0.390 e. The third-order valence-corrected chi connectivity index (χ3v) is 4.37. The summed E-state index contributed by atoms with van der Waals surface area (Å²) in [5.41, 5.74) is -0.340. The van der Waals surface area contributed by atoms with Gasteiger partial charge in [0.1, 0.15) is 0 Å². The Morgan fingerprint density at radius 2 is 2.18 bits per heavy atom. The van der Waals surface area contributed by atoms with E-state index in [0.29, 0.717) is 12.0 Å². The number of fused-ring (bicyclic) bond motifs is 1. The van der Waals surface area contributed by atoms with E-state index in [1.165, 1.54) is 19.3 Å². The second-order valence-electron chi connectivity index (χ2n) is 6.02. The van der Waals surface area contributed by atoms with Crippen molar-refractivity contribution in [2.24, 2.45) is 5.92 Å². The predicted molar refractivity (Wildman–Crippen MR) is 69.1 cm³/mol. The number of nitrogens with zero attached hydrogens (tertiary/aromatic N) is 1. The zero-order valence-corrected chi connectivity index (χ0v) is 11.3. The van der Waals surface area contributed by atoms with Gasteiger partial charge < -0.3 is 14.7 Å². The van der Waals surface area contributed by atoms with Gasteiger partial charge in [-0.15, -0.1) is 0 Å². The van der Waals surface area contributed by atoms with Gasteiger partial charge in [0.2, 0.25) is 0 Å². The van der Waals surface area contributed by atoms with Crippen molar-refractivity contribution >= 4 is 0 Å². The maximum Gasteiger partial charge on any atom is 0.0700 e. The predicted octanol–water partition coefficient (Wildman–Crippen LogP) is 2.04. The Bertz CT molecular complexity index is 244.